The van der Waals surface area contributed by atoms with Crippen LogP contribution in [0.3, 0.4) is 0 Å². The summed E-state index contributed by atoms with van der Waals surface area (Å²) < 4.78 is 0. The number of para-hydroxylation sites is 4. The van der Waals surface area contributed by atoms with E-state index >= 15 is 0 Å². The SMILES string of the molecule is Oc1ccccc1C(NC(c1ccccc1)C(NC(c1ccccc1O)c1ccccc1O)c1ccccc1)c1ccccc1O.[Al+3]. The number of phenolic OH excluding ortho intramolecular Hbond substituents is 4. The molecule has 0 amide bonds. The van der Waals surface area contributed by atoms with Crippen LogP contribution in [0, 0.1) is 0 Å². The third-order valence-corrected chi connectivity index (χ3v) is 8.33. The zero-order valence-corrected chi connectivity index (χ0v) is 26.8. The molecule has 2 atom stereocenters. The van der Waals surface area contributed by atoms with E-state index in [0.29, 0.717) is 22.3 Å². The van der Waals surface area contributed by atoms with Gasteiger partial charge in [-0.1, -0.05) is 133 Å². The van der Waals surface area contributed by atoms with Crippen LogP contribution in [0.2, 0.25) is 0 Å². The van der Waals surface area contributed by atoms with Gasteiger partial charge in [0.1, 0.15) is 23.0 Å². The number of nitrogens with one attached hydrogen (secondary N) is 2. The fourth-order valence-corrected chi connectivity index (χ4v) is 6.07. The van der Waals surface area contributed by atoms with Gasteiger partial charge in [-0.15, -0.1) is 0 Å². The maximum atomic E-state index is 11.1. The van der Waals surface area contributed by atoms with Gasteiger partial charge in [0.05, 0.1) is 24.2 Å². The number of hydrogen-bond donors (Lipinski definition) is 6. The number of phenols is 4. The normalized spacial score (nSPS) is 12.4. The molecular weight excluding hydrogens is 599 g/mol. The van der Waals surface area contributed by atoms with Gasteiger partial charge in [-0.05, 0) is 35.4 Å². The van der Waals surface area contributed by atoms with Crippen molar-refractivity contribution < 1.29 is 20.4 Å². The van der Waals surface area contributed by atoms with Crippen LogP contribution in [0.15, 0.2) is 158 Å². The van der Waals surface area contributed by atoms with Crippen LogP contribution in [-0.4, -0.2) is 37.8 Å². The second-order valence-electron chi connectivity index (χ2n) is 11.2. The molecule has 0 spiro atoms. The Bertz CT molecular complexity index is 1660. The van der Waals surface area contributed by atoms with Crippen LogP contribution in [0.5, 0.6) is 23.0 Å². The molecule has 6 N–H and O–H groups in total. The molecule has 0 heterocycles. The summed E-state index contributed by atoms with van der Waals surface area (Å²) in [5.74, 6) is 0.391. The van der Waals surface area contributed by atoms with Gasteiger partial charge in [0.15, 0.2) is 0 Å². The first kappa shape index (κ1) is 33.3. The summed E-state index contributed by atoms with van der Waals surface area (Å²) in [5.41, 5.74) is 4.33. The van der Waals surface area contributed by atoms with Crippen LogP contribution in [0.1, 0.15) is 57.5 Å². The minimum atomic E-state index is -0.616. The van der Waals surface area contributed by atoms with Crippen molar-refractivity contribution in [2.24, 2.45) is 0 Å². The molecule has 6 aromatic rings. The molecule has 0 aliphatic heterocycles. The second-order valence-corrected chi connectivity index (χ2v) is 11.2. The summed E-state index contributed by atoms with van der Waals surface area (Å²) in [6, 6.07) is 46.3. The maximum Gasteiger partial charge on any atom is 3.00 e. The van der Waals surface area contributed by atoms with Crippen molar-refractivity contribution in [1.29, 1.82) is 0 Å². The molecule has 7 heteroatoms. The molecule has 6 rings (SSSR count). The van der Waals surface area contributed by atoms with Crippen molar-refractivity contribution in [2.75, 3.05) is 0 Å². The van der Waals surface area contributed by atoms with Crippen molar-refractivity contribution in [3.63, 3.8) is 0 Å². The van der Waals surface area contributed by atoms with E-state index in [0.717, 1.165) is 11.1 Å². The average molecular weight is 636 g/mol. The Morgan fingerprint density at radius 3 is 0.809 bits per heavy atom. The smallest absolute Gasteiger partial charge is 0.508 e. The van der Waals surface area contributed by atoms with Gasteiger partial charge in [-0.2, -0.15) is 0 Å². The van der Waals surface area contributed by atoms with E-state index in [1.807, 2.05) is 109 Å². The maximum absolute atomic E-state index is 11.1. The van der Waals surface area contributed by atoms with E-state index in [2.05, 4.69) is 10.6 Å². The van der Waals surface area contributed by atoms with Crippen LogP contribution in [-0.2, 0) is 0 Å². The molecular formula is C40H36AlN2O4+3. The van der Waals surface area contributed by atoms with Gasteiger partial charge >= 0.3 is 17.4 Å². The molecule has 47 heavy (non-hydrogen) atoms. The van der Waals surface area contributed by atoms with E-state index in [-0.39, 0.29) is 40.4 Å². The van der Waals surface area contributed by atoms with Gasteiger partial charge in [0.2, 0.25) is 0 Å². The van der Waals surface area contributed by atoms with Crippen LogP contribution in [0.4, 0.5) is 0 Å². The number of hydrogen-bond acceptors (Lipinski definition) is 6. The average Bonchev–Trinajstić information content (AvgIpc) is 3.09. The van der Waals surface area contributed by atoms with Crippen molar-refractivity contribution in [2.45, 2.75) is 24.2 Å². The summed E-state index contributed by atoms with van der Waals surface area (Å²) in [6.07, 6.45) is 0. The van der Waals surface area contributed by atoms with Gasteiger partial charge in [0, 0.05) is 22.3 Å². The summed E-state index contributed by atoms with van der Waals surface area (Å²) in [5, 5.41) is 52.0. The van der Waals surface area contributed by atoms with E-state index in [1.54, 1.807) is 48.5 Å². The molecule has 0 saturated heterocycles. The zero-order chi connectivity index (χ0) is 31.9. The predicted molar refractivity (Wildman–Crippen MR) is 187 cm³/mol. The van der Waals surface area contributed by atoms with Gasteiger partial charge in [0.25, 0.3) is 0 Å². The number of benzene rings is 6. The van der Waals surface area contributed by atoms with Crippen molar-refractivity contribution in [3.8, 4) is 23.0 Å². The topological polar surface area (TPSA) is 105 Å². The standard InChI is InChI=1S/C40H36N2O4.Al/c43-33-23-11-7-19-29(33)39(30-20-8-12-24-34(30)44)41-37(27-15-3-1-4-16-27)38(28-17-5-2-6-18-28)42-40(31-21-9-13-25-35(31)45)32-22-10-14-26-36(32)46;/h1-26,37-46H;/q;+3. The third-order valence-electron chi connectivity index (χ3n) is 8.33. The minimum Gasteiger partial charge on any atom is -0.508 e. The zero-order valence-electron chi connectivity index (χ0n) is 25.7. The Balaban J connectivity index is 0.00000433. The van der Waals surface area contributed by atoms with E-state index in [4.69, 9.17) is 0 Å². The first-order valence-electron chi connectivity index (χ1n) is 15.2. The predicted octanol–water partition coefficient (Wildman–Crippen LogP) is 7.67. The van der Waals surface area contributed by atoms with Crippen LogP contribution >= 0.6 is 0 Å². The van der Waals surface area contributed by atoms with Gasteiger partial charge < -0.3 is 20.4 Å². The molecule has 0 aliphatic carbocycles. The Labute approximate surface area is 285 Å². The van der Waals surface area contributed by atoms with Crippen LogP contribution < -0.4 is 10.6 Å². The largest absolute Gasteiger partial charge is 3.00 e. The van der Waals surface area contributed by atoms with Crippen molar-refractivity contribution >= 4 is 17.4 Å². The molecule has 6 aromatic carbocycles. The monoisotopic (exact) mass is 635 g/mol. The Morgan fingerprint density at radius 1 is 0.319 bits per heavy atom. The molecule has 0 saturated carbocycles. The van der Waals surface area contributed by atoms with E-state index in [1.165, 1.54) is 0 Å². The van der Waals surface area contributed by atoms with Crippen LogP contribution in [0.25, 0.3) is 0 Å². The Kier molecular flexibility index (Phi) is 11.0. The number of aromatic hydroxyl groups is 4. The Morgan fingerprint density at radius 2 is 0.553 bits per heavy atom. The van der Waals surface area contributed by atoms with Crippen molar-refractivity contribution in [1.82, 2.24) is 10.6 Å². The fraction of sp³-hybridized carbons (Fsp3) is 0.100. The Hall–Kier alpha value is -5.03. The number of rotatable bonds is 11. The first-order chi connectivity index (χ1) is 22.5. The van der Waals surface area contributed by atoms with Gasteiger partial charge in [-0.25, -0.2) is 0 Å². The minimum absolute atomic E-state index is 0. The van der Waals surface area contributed by atoms with E-state index < -0.39 is 24.2 Å². The molecule has 6 nitrogen and oxygen atoms in total. The first-order valence-corrected chi connectivity index (χ1v) is 15.2. The molecule has 0 aliphatic rings. The van der Waals surface area contributed by atoms with E-state index in [9.17, 15) is 20.4 Å². The molecule has 0 fully saturated rings. The second kappa shape index (κ2) is 15.5. The van der Waals surface area contributed by atoms with Gasteiger partial charge in [-0.3, -0.25) is 10.6 Å². The molecule has 2 unspecified atom stereocenters. The molecule has 0 aromatic heterocycles. The third kappa shape index (κ3) is 7.52. The molecule has 230 valence electrons. The summed E-state index contributed by atoms with van der Waals surface area (Å²) >= 11 is 0. The molecule has 0 bridgehead atoms. The molecule has 0 radical (unpaired) electrons. The summed E-state index contributed by atoms with van der Waals surface area (Å²) in [7, 11) is 0. The quantitative estimate of drug-likeness (QED) is 0.0817. The fourth-order valence-electron chi connectivity index (χ4n) is 6.07. The summed E-state index contributed by atoms with van der Waals surface area (Å²) in [4.78, 5) is 0. The summed E-state index contributed by atoms with van der Waals surface area (Å²) in [6.45, 7) is 0. The van der Waals surface area contributed by atoms with Crippen molar-refractivity contribution in [3.05, 3.63) is 191 Å².